The molecule has 0 unspecified atom stereocenters. The molecule has 0 aliphatic rings. The van der Waals surface area contributed by atoms with Crippen LogP contribution in [0.2, 0.25) is 0 Å². The Kier molecular flexibility index (Phi) is 5.75. The summed E-state index contributed by atoms with van der Waals surface area (Å²) in [5.41, 5.74) is 1.49. The summed E-state index contributed by atoms with van der Waals surface area (Å²) in [7, 11) is 0. The van der Waals surface area contributed by atoms with Crippen LogP contribution in [0.4, 0.5) is 8.78 Å². The van der Waals surface area contributed by atoms with Crippen molar-refractivity contribution in [3.63, 3.8) is 0 Å². The van der Waals surface area contributed by atoms with Crippen molar-refractivity contribution < 1.29 is 8.78 Å². The summed E-state index contributed by atoms with van der Waals surface area (Å²) in [4.78, 5) is 7.46. The second-order valence-corrected chi connectivity index (χ2v) is 7.25. The number of nitrogens with zero attached hydrogens (tertiary/aromatic N) is 2. The number of pyridine rings is 2. The fourth-order valence-electron chi connectivity index (χ4n) is 1.81. The van der Waals surface area contributed by atoms with E-state index >= 15 is 0 Å². The van der Waals surface area contributed by atoms with Gasteiger partial charge in [-0.25, -0.2) is 8.78 Å². The van der Waals surface area contributed by atoms with Crippen LogP contribution in [0.5, 0.6) is 0 Å². The van der Waals surface area contributed by atoms with Crippen LogP contribution in [0.25, 0.3) is 0 Å². The van der Waals surface area contributed by atoms with E-state index in [0.29, 0.717) is 5.56 Å². The standard InChI is InChI=1S/2C9H12FN/c1-9(2,3)7-4-8(10)6-11-5-7;1-9(2,3)7-4-5-11-6-8(7)10/h2*4-6H,1-3H3. The number of rotatable bonds is 0. The van der Waals surface area contributed by atoms with Gasteiger partial charge >= 0.3 is 0 Å². The highest BCUT2D eigenvalue weighted by Gasteiger charge is 2.17. The molecule has 0 aliphatic carbocycles. The molecule has 2 rings (SSSR count). The van der Waals surface area contributed by atoms with Gasteiger partial charge in [0.2, 0.25) is 0 Å². The van der Waals surface area contributed by atoms with Crippen molar-refractivity contribution in [2.24, 2.45) is 0 Å². The normalized spacial score (nSPS) is 11.6. The van der Waals surface area contributed by atoms with E-state index in [4.69, 9.17) is 0 Å². The average Bonchev–Trinajstić information content (AvgIpc) is 2.37. The SMILES string of the molecule is CC(C)(C)c1ccncc1F.CC(C)(C)c1cncc(F)c1. The Morgan fingerprint density at radius 2 is 1.45 bits per heavy atom. The van der Waals surface area contributed by atoms with E-state index in [0.717, 1.165) is 5.56 Å². The summed E-state index contributed by atoms with van der Waals surface area (Å²) in [5, 5.41) is 0. The number of halogens is 2. The molecule has 0 bridgehead atoms. The predicted octanol–water partition coefficient (Wildman–Crippen LogP) is 5.04. The molecule has 2 heterocycles. The average molecular weight is 306 g/mol. The van der Waals surface area contributed by atoms with Crippen LogP contribution in [0.1, 0.15) is 52.7 Å². The second kappa shape index (κ2) is 6.95. The van der Waals surface area contributed by atoms with Crippen LogP contribution < -0.4 is 0 Å². The van der Waals surface area contributed by atoms with Crippen LogP contribution in [-0.4, -0.2) is 9.97 Å². The molecule has 120 valence electrons. The monoisotopic (exact) mass is 306 g/mol. The number of hydrogen-bond acceptors (Lipinski definition) is 2. The van der Waals surface area contributed by atoms with Gasteiger partial charge in [-0.05, 0) is 34.1 Å². The molecule has 0 radical (unpaired) electrons. The van der Waals surface area contributed by atoms with Crippen LogP contribution in [0.3, 0.4) is 0 Å². The Balaban J connectivity index is 0.000000220. The molecule has 4 heteroatoms. The molecule has 0 atom stereocenters. The van der Waals surface area contributed by atoms with E-state index in [1.807, 2.05) is 41.5 Å². The van der Waals surface area contributed by atoms with E-state index in [1.54, 1.807) is 18.5 Å². The first-order valence-corrected chi connectivity index (χ1v) is 7.23. The number of aromatic nitrogens is 2. The van der Waals surface area contributed by atoms with Gasteiger partial charge in [0, 0.05) is 12.4 Å². The van der Waals surface area contributed by atoms with Crippen molar-refractivity contribution in [2.75, 3.05) is 0 Å². The molecule has 22 heavy (non-hydrogen) atoms. The van der Waals surface area contributed by atoms with Gasteiger partial charge in [-0.3, -0.25) is 9.97 Å². The minimum atomic E-state index is -0.266. The Morgan fingerprint density at radius 3 is 1.82 bits per heavy atom. The van der Waals surface area contributed by atoms with Crippen molar-refractivity contribution in [3.05, 3.63) is 59.7 Å². The molecule has 2 aromatic heterocycles. The summed E-state index contributed by atoms with van der Waals surface area (Å²) in [5.74, 6) is -0.488. The Labute approximate surface area is 131 Å². The van der Waals surface area contributed by atoms with Crippen molar-refractivity contribution in [2.45, 2.75) is 52.4 Å². The first-order valence-electron chi connectivity index (χ1n) is 7.23. The largest absolute Gasteiger partial charge is 0.262 e. The van der Waals surface area contributed by atoms with Gasteiger partial charge in [-0.15, -0.1) is 0 Å². The first-order chi connectivity index (χ1) is 10.0. The Bertz CT molecular complexity index is 611. The summed E-state index contributed by atoms with van der Waals surface area (Å²) in [6.07, 6.45) is 5.78. The molecule has 0 saturated heterocycles. The molecular weight excluding hydrogens is 282 g/mol. The van der Waals surface area contributed by atoms with Crippen molar-refractivity contribution in [1.82, 2.24) is 9.97 Å². The lowest BCUT2D eigenvalue weighted by Crippen LogP contribution is -2.13. The van der Waals surface area contributed by atoms with E-state index in [2.05, 4.69) is 9.97 Å². The van der Waals surface area contributed by atoms with E-state index in [-0.39, 0.29) is 22.5 Å². The molecule has 0 N–H and O–H groups in total. The fourth-order valence-corrected chi connectivity index (χ4v) is 1.81. The van der Waals surface area contributed by atoms with Gasteiger partial charge in [0.15, 0.2) is 0 Å². The third-order valence-corrected chi connectivity index (χ3v) is 3.15. The smallest absolute Gasteiger partial charge is 0.145 e. The molecule has 0 aliphatic heterocycles. The summed E-state index contributed by atoms with van der Waals surface area (Å²) < 4.78 is 25.7. The maximum Gasteiger partial charge on any atom is 0.145 e. The number of hydrogen-bond donors (Lipinski definition) is 0. The summed E-state index contributed by atoms with van der Waals surface area (Å²) in [6.45, 7) is 12.0. The highest BCUT2D eigenvalue weighted by Crippen LogP contribution is 2.23. The van der Waals surface area contributed by atoms with E-state index < -0.39 is 0 Å². The van der Waals surface area contributed by atoms with Crippen molar-refractivity contribution in [1.29, 1.82) is 0 Å². The molecule has 2 aromatic rings. The lowest BCUT2D eigenvalue weighted by molar-refractivity contribution is 0.519. The maximum atomic E-state index is 13.0. The lowest BCUT2D eigenvalue weighted by atomic mass is 9.87. The highest BCUT2D eigenvalue weighted by molar-refractivity contribution is 5.21. The fraction of sp³-hybridized carbons (Fsp3) is 0.444. The van der Waals surface area contributed by atoms with Crippen molar-refractivity contribution in [3.8, 4) is 0 Å². The molecule has 0 saturated carbocycles. The quantitative estimate of drug-likeness (QED) is 0.681. The van der Waals surface area contributed by atoms with Gasteiger partial charge in [0.1, 0.15) is 11.6 Å². The highest BCUT2D eigenvalue weighted by atomic mass is 19.1. The maximum absolute atomic E-state index is 13.0. The predicted molar refractivity (Wildman–Crippen MR) is 85.8 cm³/mol. The third-order valence-electron chi connectivity index (χ3n) is 3.15. The van der Waals surface area contributed by atoms with Crippen molar-refractivity contribution >= 4 is 0 Å². The van der Waals surface area contributed by atoms with Crippen LogP contribution in [0, 0.1) is 11.6 Å². The van der Waals surface area contributed by atoms with E-state index in [1.165, 1.54) is 18.5 Å². The lowest BCUT2D eigenvalue weighted by Gasteiger charge is -2.18. The molecule has 0 fully saturated rings. The zero-order chi connectivity index (χ0) is 17.0. The third kappa shape index (κ3) is 5.51. The molecular formula is C18H24F2N2. The van der Waals surface area contributed by atoms with E-state index in [9.17, 15) is 8.78 Å². The topological polar surface area (TPSA) is 25.8 Å². The summed E-state index contributed by atoms with van der Waals surface area (Å²) in [6, 6.07) is 3.24. The second-order valence-electron chi connectivity index (χ2n) is 7.25. The van der Waals surface area contributed by atoms with Gasteiger partial charge in [-0.2, -0.15) is 0 Å². The first kappa shape index (κ1) is 18.2. The van der Waals surface area contributed by atoms with Gasteiger partial charge in [0.25, 0.3) is 0 Å². The Hall–Kier alpha value is -1.84. The molecule has 0 aromatic carbocycles. The van der Waals surface area contributed by atoms with Crippen LogP contribution in [-0.2, 0) is 10.8 Å². The zero-order valence-corrected chi connectivity index (χ0v) is 14.1. The Morgan fingerprint density at radius 1 is 0.818 bits per heavy atom. The van der Waals surface area contributed by atoms with Crippen LogP contribution >= 0.6 is 0 Å². The van der Waals surface area contributed by atoms with Gasteiger partial charge < -0.3 is 0 Å². The molecule has 0 amide bonds. The minimum Gasteiger partial charge on any atom is -0.262 e. The zero-order valence-electron chi connectivity index (χ0n) is 14.1. The van der Waals surface area contributed by atoms with Gasteiger partial charge in [-0.1, -0.05) is 41.5 Å². The van der Waals surface area contributed by atoms with Gasteiger partial charge in [0.05, 0.1) is 12.4 Å². The summed E-state index contributed by atoms with van der Waals surface area (Å²) >= 11 is 0. The molecule has 0 spiro atoms. The minimum absolute atomic E-state index is 0.0188. The van der Waals surface area contributed by atoms with Crippen LogP contribution in [0.15, 0.2) is 36.9 Å². The molecule has 2 nitrogen and oxygen atoms in total.